The molecule has 0 saturated carbocycles. The quantitative estimate of drug-likeness (QED) is 0.743. The largest absolute Gasteiger partial charge is 0.452 e. The lowest BCUT2D eigenvalue weighted by molar-refractivity contribution is -0.110. The van der Waals surface area contributed by atoms with E-state index in [1.54, 1.807) is 24.3 Å². The number of amides is 1. The minimum Gasteiger partial charge on any atom is -0.452 e. The summed E-state index contributed by atoms with van der Waals surface area (Å²) in [6.07, 6.45) is -0.616. The molecular weight excluding hydrogens is 218 g/mol. The summed E-state index contributed by atoms with van der Waals surface area (Å²) in [4.78, 5) is 23.3. The zero-order valence-electron chi connectivity index (χ0n) is 8.14. The molecule has 1 rings (SSSR count). The Morgan fingerprint density at radius 3 is 2.40 bits per heavy atom. The minimum atomic E-state index is -0.621. The van der Waals surface area contributed by atoms with Crippen LogP contribution < -0.4 is 4.90 Å². The Hall–Kier alpha value is -1.55. The number of ether oxygens (including phenoxy) is 1. The molecule has 5 heteroatoms. The number of hydrogen-bond acceptors (Lipinski definition) is 3. The zero-order chi connectivity index (χ0) is 11.3. The predicted octanol–water partition coefficient (Wildman–Crippen LogP) is 2.02. The lowest BCUT2D eigenvalue weighted by atomic mass is 10.3. The lowest BCUT2D eigenvalue weighted by Crippen LogP contribution is -2.34. The molecule has 0 spiro atoms. The molecule has 0 N–H and O–H groups in total. The van der Waals surface area contributed by atoms with Crippen LogP contribution in [-0.2, 0) is 9.53 Å². The SMILES string of the molecule is COC(=O)N(CC(=O)Cl)c1ccccc1. The third kappa shape index (κ3) is 3.25. The van der Waals surface area contributed by atoms with Gasteiger partial charge in [0, 0.05) is 5.69 Å². The van der Waals surface area contributed by atoms with Crippen molar-refractivity contribution < 1.29 is 14.3 Å². The van der Waals surface area contributed by atoms with E-state index < -0.39 is 11.3 Å². The molecule has 1 amide bonds. The number of nitrogens with zero attached hydrogens (tertiary/aromatic N) is 1. The van der Waals surface area contributed by atoms with Crippen LogP contribution in [0.25, 0.3) is 0 Å². The number of hydrogen-bond donors (Lipinski definition) is 0. The molecule has 1 aromatic rings. The molecule has 15 heavy (non-hydrogen) atoms. The summed E-state index contributed by atoms with van der Waals surface area (Å²) in [6, 6.07) is 8.70. The molecule has 0 fully saturated rings. The number of anilines is 1. The van der Waals surface area contributed by atoms with Gasteiger partial charge in [-0.1, -0.05) is 18.2 Å². The molecule has 0 aromatic heterocycles. The van der Waals surface area contributed by atoms with Gasteiger partial charge in [-0.05, 0) is 23.7 Å². The Kier molecular flexibility index (Phi) is 4.12. The van der Waals surface area contributed by atoms with Gasteiger partial charge in [0.05, 0.1) is 7.11 Å². The second kappa shape index (κ2) is 5.36. The summed E-state index contributed by atoms with van der Waals surface area (Å²) in [6.45, 7) is -0.210. The smallest absolute Gasteiger partial charge is 0.414 e. The van der Waals surface area contributed by atoms with Crippen LogP contribution in [0, 0.1) is 0 Å². The molecule has 0 bridgehead atoms. The number of rotatable bonds is 3. The van der Waals surface area contributed by atoms with Gasteiger partial charge in [-0.2, -0.15) is 0 Å². The van der Waals surface area contributed by atoms with E-state index in [0.29, 0.717) is 5.69 Å². The third-order valence-corrected chi connectivity index (χ3v) is 1.86. The number of benzene rings is 1. The Balaban J connectivity index is 2.91. The highest BCUT2D eigenvalue weighted by molar-refractivity contribution is 6.64. The van der Waals surface area contributed by atoms with Crippen LogP contribution in [0.4, 0.5) is 10.5 Å². The van der Waals surface area contributed by atoms with E-state index in [-0.39, 0.29) is 6.54 Å². The number of carbonyl (C=O) groups excluding carboxylic acids is 2. The van der Waals surface area contributed by atoms with Gasteiger partial charge in [0.25, 0.3) is 0 Å². The molecule has 0 aliphatic carbocycles. The van der Waals surface area contributed by atoms with E-state index in [0.717, 1.165) is 4.90 Å². The van der Waals surface area contributed by atoms with Crippen LogP contribution in [0.1, 0.15) is 0 Å². The second-order valence-electron chi connectivity index (χ2n) is 2.75. The fourth-order valence-electron chi connectivity index (χ4n) is 1.10. The average molecular weight is 228 g/mol. The first-order valence-corrected chi connectivity index (χ1v) is 4.62. The van der Waals surface area contributed by atoms with Crippen molar-refractivity contribution in [1.82, 2.24) is 0 Å². The van der Waals surface area contributed by atoms with Gasteiger partial charge < -0.3 is 4.74 Å². The van der Waals surface area contributed by atoms with Crippen molar-refractivity contribution in [3.8, 4) is 0 Å². The van der Waals surface area contributed by atoms with E-state index in [1.165, 1.54) is 7.11 Å². The summed E-state index contributed by atoms with van der Waals surface area (Å²) in [5.41, 5.74) is 0.568. The highest BCUT2D eigenvalue weighted by Crippen LogP contribution is 2.14. The van der Waals surface area contributed by atoms with Crippen molar-refractivity contribution in [2.45, 2.75) is 0 Å². The summed E-state index contributed by atoms with van der Waals surface area (Å²) < 4.78 is 4.54. The third-order valence-electron chi connectivity index (χ3n) is 1.75. The molecule has 0 heterocycles. The summed E-state index contributed by atoms with van der Waals surface area (Å²) in [5.74, 6) is 0. The van der Waals surface area contributed by atoms with Gasteiger partial charge in [0.2, 0.25) is 5.24 Å². The zero-order valence-corrected chi connectivity index (χ0v) is 8.90. The first-order chi connectivity index (χ1) is 7.15. The Morgan fingerprint density at radius 1 is 1.33 bits per heavy atom. The molecule has 1 aromatic carbocycles. The Labute approximate surface area is 92.4 Å². The Bertz CT molecular complexity index is 353. The molecule has 4 nitrogen and oxygen atoms in total. The van der Waals surface area contributed by atoms with E-state index in [9.17, 15) is 9.59 Å². The molecule has 0 radical (unpaired) electrons. The number of methoxy groups -OCH3 is 1. The first-order valence-electron chi connectivity index (χ1n) is 4.24. The highest BCUT2D eigenvalue weighted by atomic mass is 35.5. The maximum Gasteiger partial charge on any atom is 0.414 e. The van der Waals surface area contributed by atoms with Crippen molar-refractivity contribution in [3.63, 3.8) is 0 Å². The minimum absolute atomic E-state index is 0.210. The van der Waals surface area contributed by atoms with E-state index in [2.05, 4.69) is 4.74 Å². The summed E-state index contributed by atoms with van der Waals surface area (Å²) >= 11 is 5.24. The number of halogens is 1. The van der Waals surface area contributed by atoms with Gasteiger partial charge in [-0.3, -0.25) is 9.69 Å². The first kappa shape index (κ1) is 11.5. The van der Waals surface area contributed by atoms with Crippen molar-refractivity contribution >= 4 is 28.6 Å². The topological polar surface area (TPSA) is 46.6 Å². The van der Waals surface area contributed by atoms with Crippen molar-refractivity contribution in [1.29, 1.82) is 0 Å². The van der Waals surface area contributed by atoms with Crippen LogP contribution in [0.15, 0.2) is 30.3 Å². The fourth-order valence-corrected chi connectivity index (χ4v) is 1.22. The van der Waals surface area contributed by atoms with Gasteiger partial charge in [0.15, 0.2) is 0 Å². The van der Waals surface area contributed by atoms with Gasteiger partial charge in [0.1, 0.15) is 6.54 Å². The Morgan fingerprint density at radius 2 is 1.93 bits per heavy atom. The number of carbonyl (C=O) groups is 2. The molecule has 80 valence electrons. The normalized spacial score (nSPS) is 9.47. The predicted molar refractivity (Wildman–Crippen MR) is 57.1 cm³/mol. The van der Waals surface area contributed by atoms with E-state index in [4.69, 9.17) is 11.6 Å². The highest BCUT2D eigenvalue weighted by Gasteiger charge is 2.18. The van der Waals surface area contributed by atoms with Gasteiger partial charge in [-0.25, -0.2) is 4.79 Å². The van der Waals surface area contributed by atoms with Crippen molar-refractivity contribution in [3.05, 3.63) is 30.3 Å². The molecule has 0 aliphatic heterocycles. The standard InChI is InChI=1S/C10H10ClNO3/c1-15-10(14)12(7-9(11)13)8-5-3-2-4-6-8/h2-6H,7H2,1H3. The summed E-state index contributed by atoms with van der Waals surface area (Å²) in [7, 11) is 1.25. The van der Waals surface area contributed by atoms with E-state index >= 15 is 0 Å². The molecule has 0 atom stereocenters. The molecule has 0 unspecified atom stereocenters. The average Bonchev–Trinajstić information content (AvgIpc) is 2.26. The monoisotopic (exact) mass is 227 g/mol. The lowest BCUT2D eigenvalue weighted by Gasteiger charge is -2.18. The van der Waals surface area contributed by atoms with Crippen LogP contribution in [-0.4, -0.2) is 25.0 Å². The van der Waals surface area contributed by atoms with Gasteiger partial charge >= 0.3 is 6.09 Å². The number of para-hydroxylation sites is 1. The maximum absolute atomic E-state index is 11.3. The van der Waals surface area contributed by atoms with Crippen LogP contribution in [0.2, 0.25) is 0 Å². The van der Waals surface area contributed by atoms with Crippen LogP contribution in [0.5, 0.6) is 0 Å². The fraction of sp³-hybridized carbons (Fsp3) is 0.200. The van der Waals surface area contributed by atoms with Gasteiger partial charge in [-0.15, -0.1) is 0 Å². The second-order valence-corrected chi connectivity index (χ2v) is 3.17. The van der Waals surface area contributed by atoms with Crippen molar-refractivity contribution in [2.24, 2.45) is 0 Å². The van der Waals surface area contributed by atoms with Crippen molar-refractivity contribution in [2.75, 3.05) is 18.6 Å². The molecule has 0 aliphatic rings. The van der Waals surface area contributed by atoms with Crippen LogP contribution in [0.3, 0.4) is 0 Å². The summed E-state index contributed by atoms with van der Waals surface area (Å²) in [5, 5.41) is -0.621. The molecular formula is C10H10ClNO3. The van der Waals surface area contributed by atoms with Crippen LogP contribution >= 0.6 is 11.6 Å². The maximum atomic E-state index is 11.3. The van der Waals surface area contributed by atoms with E-state index in [1.807, 2.05) is 6.07 Å². The molecule has 0 saturated heterocycles.